The molecule has 0 unspecified atom stereocenters. The quantitative estimate of drug-likeness (QED) is 0.466. The average molecular weight is 299 g/mol. The molecule has 0 aliphatic heterocycles. The van der Waals surface area contributed by atoms with Gasteiger partial charge >= 0.3 is 5.97 Å². The molecule has 0 spiro atoms. The molecule has 0 N–H and O–H groups in total. The minimum atomic E-state index is -0.461. The Balaban J connectivity index is 2.65. The molecule has 1 aromatic heterocycles. The van der Waals surface area contributed by atoms with E-state index in [1.54, 1.807) is 12.3 Å². The predicted octanol–water partition coefficient (Wildman–Crippen LogP) is 4.57. The molecule has 1 aromatic rings. The highest BCUT2D eigenvalue weighted by atomic mass is 32.2. The Morgan fingerprint density at radius 2 is 1.89 bits per heavy atom. The van der Waals surface area contributed by atoms with E-state index in [9.17, 15) is 4.79 Å². The molecule has 0 aliphatic carbocycles. The fraction of sp³-hybridized carbons (Fsp3) is 0.571. The third-order valence-electron chi connectivity index (χ3n) is 1.73. The van der Waals surface area contributed by atoms with Crippen LogP contribution < -0.4 is 0 Å². The maximum absolute atomic E-state index is 11.8. The third-order valence-corrected chi connectivity index (χ3v) is 3.49. The molecule has 0 aromatic carbocycles. The van der Waals surface area contributed by atoms with Crippen molar-refractivity contribution < 1.29 is 9.53 Å². The van der Waals surface area contributed by atoms with Gasteiger partial charge in [-0.1, -0.05) is 0 Å². The van der Waals surface area contributed by atoms with Gasteiger partial charge in [-0.2, -0.15) is 0 Å². The van der Waals surface area contributed by atoms with Crippen molar-refractivity contribution in [2.24, 2.45) is 4.40 Å². The number of nitrogens with zero attached hydrogens (tertiary/aromatic N) is 1. The first-order valence-electron chi connectivity index (χ1n) is 6.11. The van der Waals surface area contributed by atoms with Crippen LogP contribution in [0.25, 0.3) is 0 Å². The molecule has 0 fully saturated rings. The van der Waals surface area contributed by atoms with Gasteiger partial charge in [0.2, 0.25) is 0 Å². The number of carbonyl (C=O) groups excluding carboxylic acids is 1. The molecule has 0 bridgehead atoms. The Hall–Kier alpha value is -0.810. The van der Waals surface area contributed by atoms with Crippen molar-refractivity contribution in [1.82, 2.24) is 0 Å². The molecular formula is C14H21NO2S2. The van der Waals surface area contributed by atoms with Gasteiger partial charge in [-0.3, -0.25) is 0 Å². The number of ether oxygens (including phenoxy) is 1. The zero-order chi connectivity index (χ0) is 14.7. The van der Waals surface area contributed by atoms with Crippen LogP contribution in [0.4, 0.5) is 0 Å². The van der Waals surface area contributed by atoms with Crippen molar-refractivity contribution in [2.45, 2.75) is 51.9 Å². The lowest BCUT2D eigenvalue weighted by Gasteiger charge is -2.18. The van der Waals surface area contributed by atoms with Gasteiger partial charge in [0.1, 0.15) is 10.5 Å². The Labute approximate surface area is 123 Å². The summed E-state index contributed by atoms with van der Waals surface area (Å²) in [6, 6.07) is 3.67. The number of esters is 1. The summed E-state index contributed by atoms with van der Waals surface area (Å²) in [5, 5.41) is 0. The maximum atomic E-state index is 11.8. The average Bonchev–Trinajstić information content (AvgIpc) is 2.61. The van der Waals surface area contributed by atoms with Gasteiger partial charge in [-0.15, -0.1) is 11.3 Å². The minimum absolute atomic E-state index is 0.0990. The van der Waals surface area contributed by atoms with Crippen molar-refractivity contribution in [3.05, 3.63) is 21.9 Å². The van der Waals surface area contributed by atoms with Crippen LogP contribution in [0, 0.1) is 0 Å². The number of rotatable bonds is 3. The van der Waals surface area contributed by atoms with Gasteiger partial charge in [0.25, 0.3) is 0 Å². The Kier molecular flexibility index (Phi) is 5.21. The summed E-state index contributed by atoms with van der Waals surface area (Å²) in [5.74, 6) is -0.277. The Morgan fingerprint density at radius 1 is 1.26 bits per heavy atom. The van der Waals surface area contributed by atoms with E-state index in [1.165, 1.54) is 23.3 Å². The largest absolute Gasteiger partial charge is 0.456 e. The maximum Gasteiger partial charge on any atom is 0.348 e. The van der Waals surface area contributed by atoms with Crippen LogP contribution in [0.1, 0.15) is 56.1 Å². The zero-order valence-electron chi connectivity index (χ0n) is 12.3. The second-order valence-electron chi connectivity index (χ2n) is 6.14. The summed E-state index contributed by atoms with van der Waals surface area (Å²) in [5.41, 5.74) is -0.461. The SMILES string of the molecule is CC(C)(C)OC(=O)c1ccc(/C=N/SC(C)(C)C)s1. The zero-order valence-corrected chi connectivity index (χ0v) is 13.9. The van der Waals surface area contributed by atoms with E-state index in [1.807, 2.05) is 26.8 Å². The standard InChI is InChI=1S/C14H21NO2S2/c1-13(2,3)17-12(16)11-8-7-10(18-11)9-15-19-14(4,5)6/h7-9H,1-6H3/b15-9+. The molecule has 19 heavy (non-hydrogen) atoms. The summed E-state index contributed by atoms with van der Waals surface area (Å²) in [7, 11) is 0. The molecule has 5 heteroatoms. The smallest absolute Gasteiger partial charge is 0.348 e. The molecule has 106 valence electrons. The molecule has 1 rings (SSSR count). The fourth-order valence-electron chi connectivity index (χ4n) is 1.10. The molecule has 1 heterocycles. The highest BCUT2D eigenvalue weighted by Crippen LogP contribution is 2.25. The van der Waals surface area contributed by atoms with Gasteiger partial charge in [0.05, 0.1) is 6.21 Å². The molecule has 0 amide bonds. The van der Waals surface area contributed by atoms with E-state index in [4.69, 9.17) is 4.74 Å². The molecule has 0 atom stereocenters. The number of hydrogen-bond acceptors (Lipinski definition) is 5. The van der Waals surface area contributed by atoms with Gasteiger partial charge in [0, 0.05) is 9.62 Å². The Bertz CT molecular complexity index is 465. The van der Waals surface area contributed by atoms with Crippen molar-refractivity contribution in [1.29, 1.82) is 0 Å². The van der Waals surface area contributed by atoms with Crippen LogP contribution >= 0.6 is 23.3 Å². The van der Waals surface area contributed by atoms with Crippen LogP contribution in [0.3, 0.4) is 0 Å². The topological polar surface area (TPSA) is 38.7 Å². The third kappa shape index (κ3) is 6.78. The van der Waals surface area contributed by atoms with Crippen molar-refractivity contribution >= 4 is 35.5 Å². The summed E-state index contributed by atoms with van der Waals surface area (Å²) >= 11 is 2.91. The van der Waals surface area contributed by atoms with Gasteiger partial charge in [-0.25, -0.2) is 9.19 Å². The van der Waals surface area contributed by atoms with Gasteiger partial charge in [0.15, 0.2) is 0 Å². The van der Waals surface area contributed by atoms with Crippen molar-refractivity contribution in [3.8, 4) is 0 Å². The van der Waals surface area contributed by atoms with E-state index in [2.05, 4.69) is 25.2 Å². The Morgan fingerprint density at radius 3 is 2.42 bits per heavy atom. The normalized spacial score (nSPS) is 12.9. The number of hydrogen-bond donors (Lipinski definition) is 0. The predicted molar refractivity (Wildman–Crippen MR) is 84.4 cm³/mol. The van der Waals surface area contributed by atoms with Crippen molar-refractivity contribution in [2.75, 3.05) is 0 Å². The monoisotopic (exact) mass is 299 g/mol. The summed E-state index contributed by atoms with van der Waals surface area (Å²) in [6.07, 6.45) is 1.79. The van der Waals surface area contributed by atoms with E-state index >= 15 is 0 Å². The highest BCUT2D eigenvalue weighted by molar-refractivity contribution is 7.99. The van der Waals surface area contributed by atoms with Crippen LogP contribution in [0.15, 0.2) is 16.5 Å². The summed E-state index contributed by atoms with van der Waals surface area (Å²) in [6.45, 7) is 11.9. The van der Waals surface area contributed by atoms with E-state index in [-0.39, 0.29) is 10.7 Å². The fourth-order valence-corrected chi connectivity index (χ4v) is 2.40. The summed E-state index contributed by atoms with van der Waals surface area (Å²) < 4.78 is 9.73. The lowest BCUT2D eigenvalue weighted by Crippen LogP contribution is -2.23. The van der Waals surface area contributed by atoms with E-state index in [0.717, 1.165) is 4.88 Å². The van der Waals surface area contributed by atoms with Crippen LogP contribution in [-0.2, 0) is 4.74 Å². The lowest BCUT2D eigenvalue weighted by molar-refractivity contribution is 0.00752. The number of carbonyl (C=O) groups is 1. The number of thiophene rings is 1. The van der Waals surface area contributed by atoms with E-state index in [0.29, 0.717) is 4.88 Å². The van der Waals surface area contributed by atoms with Gasteiger partial charge < -0.3 is 4.74 Å². The van der Waals surface area contributed by atoms with Crippen LogP contribution in [-0.4, -0.2) is 22.5 Å². The minimum Gasteiger partial charge on any atom is -0.456 e. The molecule has 0 saturated heterocycles. The molecule has 0 saturated carbocycles. The second kappa shape index (κ2) is 6.09. The first kappa shape index (κ1) is 16.2. The van der Waals surface area contributed by atoms with E-state index < -0.39 is 5.60 Å². The lowest BCUT2D eigenvalue weighted by atomic mass is 10.2. The highest BCUT2D eigenvalue weighted by Gasteiger charge is 2.19. The molecule has 0 radical (unpaired) electrons. The summed E-state index contributed by atoms with van der Waals surface area (Å²) in [4.78, 5) is 13.4. The first-order chi connectivity index (χ1) is 8.57. The molecule has 0 aliphatic rings. The van der Waals surface area contributed by atoms with Crippen molar-refractivity contribution in [3.63, 3.8) is 0 Å². The van der Waals surface area contributed by atoms with Crippen LogP contribution in [0.5, 0.6) is 0 Å². The molecular weight excluding hydrogens is 278 g/mol. The first-order valence-corrected chi connectivity index (χ1v) is 7.70. The van der Waals surface area contributed by atoms with Crippen LogP contribution in [0.2, 0.25) is 0 Å². The molecule has 3 nitrogen and oxygen atoms in total. The second-order valence-corrected chi connectivity index (χ2v) is 8.88. The van der Waals surface area contributed by atoms with Gasteiger partial charge in [-0.05, 0) is 65.6 Å².